The van der Waals surface area contributed by atoms with E-state index in [1.807, 2.05) is 13.8 Å². The van der Waals surface area contributed by atoms with E-state index >= 15 is 0 Å². The Morgan fingerprint density at radius 3 is 2.47 bits per heavy atom. The maximum absolute atomic E-state index is 5.57. The molecule has 0 amide bonds. The Morgan fingerprint density at radius 1 is 1.18 bits per heavy atom. The number of hydrogen-bond acceptors (Lipinski definition) is 1. The number of halogens is 1. The topological polar surface area (TPSA) is 13.1 Å². The molecule has 2 heteroatoms. The van der Waals surface area contributed by atoms with Crippen molar-refractivity contribution in [2.24, 2.45) is 0 Å². The van der Waals surface area contributed by atoms with Gasteiger partial charge in [-0.1, -0.05) is 40.2 Å². The van der Waals surface area contributed by atoms with Crippen LogP contribution in [0.3, 0.4) is 0 Å². The summed E-state index contributed by atoms with van der Waals surface area (Å²) in [6, 6.07) is 10.6. The SMILES string of the molecule is Cc1cc(C(Br)Cc2ccccc2C)c(C)o1. The summed E-state index contributed by atoms with van der Waals surface area (Å²) in [5.41, 5.74) is 3.98. The van der Waals surface area contributed by atoms with Crippen LogP contribution in [0, 0.1) is 20.8 Å². The smallest absolute Gasteiger partial charge is 0.105 e. The van der Waals surface area contributed by atoms with Gasteiger partial charge in [0.1, 0.15) is 11.5 Å². The summed E-state index contributed by atoms with van der Waals surface area (Å²) in [5.74, 6) is 1.99. The Hall–Kier alpha value is -1.02. The molecule has 1 aromatic heterocycles. The van der Waals surface area contributed by atoms with Crippen molar-refractivity contribution in [3.63, 3.8) is 0 Å². The minimum atomic E-state index is 0.320. The van der Waals surface area contributed by atoms with Gasteiger partial charge in [-0.25, -0.2) is 0 Å². The first kappa shape index (κ1) is 12.4. The van der Waals surface area contributed by atoms with Gasteiger partial charge in [0.15, 0.2) is 0 Å². The number of benzene rings is 1. The van der Waals surface area contributed by atoms with Crippen LogP contribution < -0.4 is 0 Å². The highest BCUT2D eigenvalue weighted by molar-refractivity contribution is 9.09. The zero-order chi connectivity index (χ0) is 12.4. The quantitative estimate of drug-likeness (QED) is 0.735. The summed E-state index contributed by atoms with van der Waals surface area (Å²) in [6.45, 7) is 6.17. The van der Waals surface area contributed by atoms with Crippen LogP contribution in [0.2, 0.25) is 0 Å². The minimum absolute atomic E-state index is 0.320. The Labute approximate surface area is 111 Å². The Balaban J connectivity index is 2.20. The Morgan fingerprint density at radius 2 is 1.88 bits per heavy atom. The van der Waals surface area contributed by atoms with Gasteiger partial charge in [0, 0.05) is 10.4 Å². The number of alkyl halides is 1. The summed E-state index contributed by atoms with van der Waals surface area (Å²) < 4.78 is 5.57. The first-order valence-electron chi connectivity index (χ1n) is 5.83. The summed E-state index contributed by atoms with van der Waals surface area (Å²) in [5, 5.41) is 0. The van der Waals surface area contributed by atoms with Crippen LogP contribution in [0.15, 0.2) is 34.7 Å². The predicted octanol–water partition coefficient (Wildman–Crippen LogP) is 4.88. The van der Waals surface area contributed by atoms with E-state index < -0.39 is 0 Å². The van der Waals surface area contributed by atoms with Crippen LogP contribution in [-0.4, -0.2) is 0 Å². The van der Waals surface area contributed by atoms with Crippen molar-refractivity contribution in [3.8, 4) is 0 Å². The summed E-state index contributed by atoms with van der Waals surface area (Å²) in [4.78, 5) is 0.320. The molecular weight excluding hydrogens is 276 g/mol. The molecule has 2 aromatic rings. The molecule has 1 unspecified atom stereocenters. The molecule has 90 valence electrons. The van der Waals surface area contributed by atoms with Crippen LogP contribution >= 0.6 is 15.9 Å². The van der Waals surface area contributed by atoms with E-state index in [9.17, 15) is 0 Å². The third kappa shape index (κ3) is 2.81. The van der Waals surface area contributed by atoms with Crippen LogP contribution in [0.5, 0.6) is 0 Å². The first-order chi connectivity index (χ1) is 8.08. The maximum atomic E-state index is 5.57. The summed E-state index contributed by atoms with van der Waals surface area (Å²) in [7, 11) is 0. The van der Waals surface area contributed by atoms with Gasteiger partial charge in [0.25, 0.3) is 0 Å². The molecule has 0 N–H and O–H groups in total. The van der Waals surface area contributed by atoms with Crippen molar-refractivity contribution >= 4 is 15.9 Å². The Bertz CT molecular complexity index is 513. The Kier molecular flexibility index (Phi) is 3.72. The van der Waals surface area contributed by atoms with Gasteiger partial charge in [0.05, 0.1) is 0 Å². The second-order valence-corrected chi connectivity index (χ2v) is 5.57. The highest BCUT2D eigenvalue weighted by atomic mass is 79.9. The van der Waals surface area contributed by atoms with Crippen LogP contribution in [-0.2, 0) is 6.42 Å². The fourth-order valence-electron chi connectivity index (χ4n) is 2.10. The largest absolute Gasteiger partial charge is 0.466 e. The normalized spacial score (nSPS) is 12.7. The third-order valence-electron chi connectivity index (χ3n) is 3.08. The van der Waals surface area contributed by atoms with Crippen molar-refractivity contribution < 1.29 is 4.42 Å². The molecule has 0 saturated heterocycles. The first-order valence-corrected chi connectivity index (χ1v) is 6.75. The second kappa shape index (κ2) is 5.09. The number of hydrogen-bond donors (Lipinski definition) is 0. The standard InChI is InChI=1S/C15H17BrO/c1-10-6-4-5-7-13(10)9-15(16)14-8-11(2)17-12(14)3/h4-8,15H,9H2,1-3H3. The van der Waals surface area contributed by atoms with Gasteiger partial charge in [-0.3, -0.25) is 0 Å². The van der Waals surface area contributed by atoms with E-state index in [1.54, 1.807) is 0 Å². The van der Waals surface area contributed by atoms with Gasteiger partial charge in [-0.15, -0.1) is 0 Å². The van der Waals surface area contributed by atoms with Crippen LogP contribution in [0.1, 0.15) is 33.0 Å². The van der Waals surface area contributed by atoms with Gasteiger partial charge in [-0.2, -0.15) is 0 Å². The number of furan rings is 1. The van der Waals surface area contributed by atoms with Crippen LogP contribution in [0.4, 0.5) is 0 Å². The third-order valence-corrected chi connectivity index (χ3v) is 3.89. The lowest BCUT2D eigenvalue weighted by Crippen LogP contribution is -1.97. The molecule has 0 spiro atoms. The molecule has 0 saturated carbocycles. The molecule has 0 aliphatic rings. The highest BCUT2D eigenvalue weighted by Crippen LogP contribution is 2.32. The van der Waals surface area contributed by atoms with E-state index in [0.717, 1.165) is 17.9 Å². The zero-order valence-corrected chi connectivity index (χ0v) is 12.0. The molecule has 1 aromatic carbocycles. The maximum Gasteiger partial charge on any atom is 0.105 e. The second-order valence-electron chi connectivity index (χ2n) is 4.47. The van der Waals surface area contributed by atoms with Crippen molar-refractivity contribution in [2.75, 3.05) is 0 Å². The predicted molar refractivity (Wildman–Crippen MR) is 74.7 cm³/mol. The van der Waals surface area contributed by atoms with Crippen molar-refractivity contribution in [1.29, 1.82) is 0 Å². The molecule has 1 heterocycles. The van der Waals surface area contributed by atoms with Gasteiger partial charge < -0.3 is 4.42 Å². The average molecular weight is 293 g/mol. The fourth-order valence-corrected chi connectivity index (χ4v) is 2.91. The van der Waals surface area contributed by atoms with E-state index in [2.05, 4.69) is 53.2 Å². The monoisotopic (exact) mass is 292 g/mol. The van der Waals surface area contributed by atoms with Gasteiger partial charge in [-0.05, 0) is 44.4 Å². The molecule has 0 bridgehead atoms. The van der Waals surface area contributed by atoms with E-state index in [-0.39, 0.29) is 0 Å². The summed E-state index contributed by atoms with van der Waals surface area (Å²) in [6.07, 6.45) is 0.993. The molecule has 2 rings (SSSR count). The zero-order valence-electron chi connectivity index (χ0n) is 10.5. The van der Waals surface area contributed by atoms with Crippen molar-refractivity contribution in [3.05, 3.63) is 58.5 Å². The molecule has 0 aliphatic carbocycles. The number of aryl methyl sites for hydroxylation is 3. The average Bonchev–Trinajstić information content (AvgIpc) is 2.61. The lowest BCUT2D eigenvalue weighted by atomic mass is 10.0. The summed E-state index contributed by atoms with van der Waals surface area (Å²) >= 11 is 3.76. The molecule has 0 aliphatic heterocycles. The molecule has 17 heavy (non-hydrogen) atoms. The molecule has 1 atom stereocenters. The molecular formula is C15H17BrO. The molecule has 0 radical (unpaired) electrons. The van der Waals surface area contributed by atoms with Crippen molar-refractivity contribution in [2.45, 2.75) is 32.0 Å². The van der Waals surface area contributed by atoms with Crippen molar-refractivity contribution in [1.82, 2.24) is 0 Å². The van der Waals surface area contributed by atoms with E-state index in [0.29, 0.717) is 4.83 Å². The van der Waals surface area contributed by atoms with Crippen LogP contribution in [0.25, 0.3) is 0 Å². The van der Waals surface area contributed by atoms with Gasteiger partial charge >= 0.3 is 0 Å². The highest BCUT2D eigenvalue weighted by Gasteiger charge is 2.15. The molecule has 0 fully saturated rings. The lowest BCUT2D eigenvalue weighted by Gasteiger charge is -2.11. The van der Waals surface area contributed by atoms with Gasteiger partial charge in [0.2, 0.25) is 0 Å². The van der Waals surface area contributed by atoms with E-state index in [4.69, 9.17) is 4.42 Å². The fraction of sp³-hybridized carbons (Fsp3) is 0.333. The lowest BCUT2D eigenvalue weighted by molar-refractivity contribution is 0.501. The minimum Gasteiger partial charge on any atom is -0.466 e. The van der Waals surface area contributed by atoms with E-state index in [1.165, 1.54) is 16.7 Å². The molecule has 1 nitrogen and oxygen atoms in total. The number of rotatable bonds is 3.